The van der Waals surface area contributed by atoms with Crippen LogP contribution < -0.4 is 9.62 Å². The van der Waals surface area contributed by atoms with E-state index >= 15 is 0 Å². The second-order valence-corrected chi connectivity index (χ2v) is 11.3. The lowest BCUT2D eigenvalue weighted by atomic mass is 10.1. The van der Waals surface area contributed by atoms with E-state index in [4.69, 9.17) is 11.6 Å². The first-order valence-corrected chi connectivity index (χ1v) is 14.1. The summed E-state index contributed by atoms with van der Waals surface area (Å²) in [5.41, 5.74) is -0.0168. The lowest BCUT2D eigenvalue weighted by molar-refractivity contribution is -0.139. The second-order valence-electron chi connectivity index (χ2n) is 9.07. The molecule has 12 heteroatoms. The van der Waals surface area contributed by atoms with Crippen LogP contribution in [0, 0.1) is 6.92 Å². The molecule has 0 saturated carbocycles. The molecule has 0 saturated heterocycles. The van der Waals surface area contributed by atoms with Gasteiger partial charge in [-0.1, -0.05) is 59.6 Å². The number of benzene rings is 3. The molecule has 2 amide bonds. The summed E-state index contributed by atoms with van der Waals surface area (Å²) < 4.78 is 68.8. The van der Waals surface area contributed by atoms with E-state index in [0.29, 0.717) is 22.5 Å². The molecule has 0 spiro atoms. The maximum Gasteiger partial charge on any atom is 0.416 e. The van der Waals surface area contributed by atoms with Crippen LogP contribution in [0.2, 0.25) is 5.02 Å². The maximum atomic E-state index is 13.8. The number of halogens is 4. The number of sulfonamides is 1. The van der Waals surface area contributed by atoms with Gasteiger partial charge in [0.25, 0.3) is 10.0 Å². The molecule has 0 fully saturated rings. The van der Waals surface area contributed by atoms with Crippen molar-refractivity contribution in [3.05, 3.63) is 94.5 Å². The molecule has 0 bridgehead atoms. The van der Waals surface area contributed by atoms with Gasteiger partial charge >= 0.3 is 6.18 Å². The van der Waals surface area contributed by atoms with Crippen LogP contribution >= 0.6 is 11.6 Å². The Kier molecular flexibility index (Phi) is 9.86. The van der Waals surface area contributed by atoms with Crippen molar-refractivity contribution in [3.8, 4) is 0 Å². The van der Waals surface area contributed by atoms with Crippen LogP contribution in [0.5, 0.6) is 0 Å². The van der Waals surface area contributed by atoms with Crippen LogP contribution in [-0.4, -0.2) is 44.3 Å². The Balaban J connectivity index is 2.12. The van der Waals surface area contributed by atoms with Crippen molar-refractivity contribution in [2.75, 3.05) is 17.4 Å². The number of nitrogens with zero attached hydrogens (tertiary/aromatic N) is 2. The predicted octanol–water partition coefficient (Wildman–Crippen LogP) is 5.42. The zero-order valence-corrected chi connectivity index (χ0v) is 23.6. The Morgan fingerprint density at radius 1 is 1.00 bits per heavy atom. The minimum atomic E-state index is -4.80. The summed E-state index contributed by atoms with van der Waals surface area (Å²) in [4.78, 5) is 27.5. The van der Waals surface area contributed by atoms with Gasteiger partial charge in [0.2, 0.25) is 11.8 Å². The highest BCUT2D eigenvalue weighted by atomic mass is 35.5. The summed E-state index contributed by atoms with van der Waals surface area (Å²) in [7, 11) is -4.57. The van der Waals surface area contributed by atoms with E-state index in [9.17, 15) is 31.2 Å². The van der Waals surface area contributed by atoms with Crippen molar-refractivity contribution in [3.63, 3.8) is 0 Å². The largest absolute Gasteiger partial charge is 0.416 e. The van der Waals surface area contributed by atoms with E-state index < -0.39 is 51.9 Å². The number of rotatable bonds is 10. The van der Waals surface area contributed by atoms with Crippen LogP contribution in [0.25, 0.3) is 0 Å². The van der Waals surface area contributed by atoms with Gasteiger partial charge in [-0.3, -0.25) is 13.9 Å². The third kappa shape index (κ3) is 7.33. The van der Waals surface area contributed by atoms with Crippen molar-refractivity contribution >= 4 is 39.1 Å². The lowest BCUT2D eigenvalue weighted by Crippen LogP contribution is -2.51. The number of carbonyl (C=O) groups is 2. The van der Waals surface area contributed by atoms with Crippen LogP contribution in [0.1, 0.15) is 30.5 Å². The number of carbonyl (C=O) groups excluding carboxylic acids is 2. The summed E-state index contributed by atoms with van der Waals surface area (Å²) in [5, 5.41) is 2.34. The van der Waals surface area contributed by atoms with Gasteiger partial charge in [-0.2, -0.15) is 13.2 Å². The first-order valence-electron chi connectivity index (χ1n) is 12.3. The standard InChI is InChI=1S/C28H29ClF3N3O4S/c1-4-33-27(37)20(3)34(17-21-12-10-19(2)11-13-21)26(36)18-35(40(38,39)23-8-6-5-7-9-23)25-16-22(28(30,31)32)14-15-24(25)29/h5-16,20H,4,17-18H2,1-3H3,(H,33,37)/t20-/m0/s1. The molecule has 7 nitrogen and oxygen atoms in total. The number of likely N-dealkylation sites (N-methyl/N-ethyl adjacent to an activating group) is 1. The molecule has 214 valence electrons. The summed E-state index contributed by atoms with van der Waals surface area (Å²) in [6.07, 6.45) is -4.80. The molecule has 3 aromatic carbocycles. The van der Waals surface area contributed by atoms with Gasteiger partial charge < -0.3 is 10.2 Å². The number of hydrogen-bond donors (Lipinski definition) is 1. The highest BCUT2D eigenvalue weighted by molar-refractivity contribution is 7.92. The van der Waals surface area contributed by atoms with E-state index in [1.807, 2.05) is 19.1 Å². The molecular formula is C28H29ClF3N3O4S. The van der Waals surface area contributed by atoms with Crippen molar-refractivity contribution in [1.29, 1.82) is 0 Å². The number of nitrogens with one attached hydrogen (secondary N) is 1. The van der Waals surface area contributed by atoms with Crippen LogP contribution in [0.4, 0.5) is 18.9 Å². The molecule has 1 N–H and O–H groups in total. The highest BCUT2D eigenvalue weighted by Crippen LogP contribution is 2.37. The monoisotopic (exact) mass is 595 g/mol. The summed E-state index contributed by atoms with van der Waals surface area (Å²) in [6.45, 7) is 4.42. The Labute approximate surface area is 236 Å². The molecule has 0 heterocycles. The molecule has 1 atom stereocenters. The minimum absolute atomic E-state index is 0.0486. The van der Waals surface area contributed by atoms with Gasteiger partial charge in [-0.05, 0) is 56.7 Å². The molecule has 0 unspecified atom stereocenters. The zero-order valence-electron chi connectivity index (χ0n) is 22.1. The third-order valence-electron chi connectivity index (χ3n) is 6.14. The van der Waals surface area contributed by atoms with Crippen molar-refractivity contribution in [2.24, 2.45) is 0 Å². The number of amides is 2. The van der Waals surface area contributed by atoms with Gasteiger partial charge in [-0.25, -0.2) is 8.42 Å². The predicted molar refractivity (Wildman–Crippen MR) is 147 cm³/mol. The van der Waals surface area contributed by atoms with Gasteiger partial charge in [0.15, 0.2) is 0 Å². The Bertz CT molecular complexity index is 1450. The fourth-order valence-corrected chi connectivity index (χ4v) is 5.62. The van der Waals surface area contributed by atoms with E-state index in [1.54, 1.807) is 25.1 Å². The Hall–Kier alpha value is -3.57. The topological polar surface area (TPSA) is 86.8 Å². The Morgan fingerprint density at radius 2 is 1.62 bits per heavy atom. The lowest BCUT2D eigenvalue weighted by Gasteiger charge is -2.32. The number of anilines is 1. The van der Waals surface area contributed by atoms with Crippen molar-refractivity contribution < 1.29 is 31.2 Å². The first kappa shape index (κ1) is 31.0. The maximum absolute atomic E-state index is 13.8. The molecule has 0 aliphatic rings. The smallest absolute Gasteiger partial charge is 0.355 e. The highest BCUT2D eigenvalue weighted by Gasteiger charge is 2.36. The van der Waals surface area contributed by atoms with Gasteiger partial charge in [0, 0.05) is 13.1 Å². The molecular weight excluding hydrogens is 567 g/mol. The van der Waals surface area contributed by atoms with Gasteiger partial charge in [0.05, 0.1) is 21.2 Å². The molecule has 0 aliphatic carbocycles. The fourth-order valence-electron chi connectivity index (χ4n) is 3.91. The average Bonchev–Trinajstić information content (AvgIpc) is 2.91. The summed E-state index contributed by atoms with van der Waals surface area (Å²) >= 11 is 6.23. The fraction of sp³-hybridized carbons (Fsp3) is 0.286. The molecule has 0 aromatic heterocycles. The third-order valence-corrected chi connectivity index (χ3v) is 8.24. The second kappa shape index (κ2) is 12.7. The number of aryl methyl sites for hydroxylation is 1. The van der Waals surface area contributed by atoms with E-state index in [1.165, 1.54) is 36.1 Å². The first-order chi connectivity index (χ1) is 18.8. The zero-order chi connectivity index (χ0) is 29.7. The number of hydrogen-bond acceptors (Lipinski definition) is 4. The van der Waals surface area contributed by atoms with E-state index in [2.05, 4.69) is 5.32 Å². The van der Waals surface area contributed by atoms with Crippen molar-refractivity contribution in [2.45, 2.75) is 44.4 Å². The average molecular weight is 596 g/mol. The minimum Gasteiger partial charge on any atom is -0.355 e. The van der Waals surface area contributed by atoms with Crippen molar-refractivity contribution in [1.82, 2.24) is 10.2 Å². The van der Waals surface area contributed by atoms with Gasteiger partial charge in [-0.15, -0.1) is 0 Å². The van der Waals surface area contributed by atoms with Gasteiger partial charge in [0.1, 0.15) is 12.6 Å². The molecule has 0 radical (unpaired) electrons. The molecule has 3 aromatic rings. The quantitative estimate of drug-likeness (QED) is 0.339. The van der Waals surface area contributed by atoms with Crippen LogP contribution in [0.15, 0.2) is 77.7 Å². The van der Waals surface area contributed by atoms with E-state index in [0.717, 1.165) is 17.7 Å². The summed E-state index contributed by atoms with van der Waals surface area (Å²) in [5.74, 6) is -1.29. The molecule has 40 heavy (non-hydrogen) atoms. The molecule has 3 rings (SSSR count). The van der Waals surface area contributed by atoms with Crippen LogP contribution in [0.3, 0.4) is 0 Å². The normalized spacial score (nSPS) is 12.5. The van der Waals surface area contributed by atoms with E-state index in [-0.39, 0.29) is 16.5 Å². The summed E-state index contributed by atoms with van der Waals surface area (Å²) in [6, 6.07) is 15.4. The SMILES string of the molecule is CCNC(=O)[C@H](C)N(Cc1ccc(C)cc1)C(=O)CN(c1cc(C(F)(F)F)ccc1Cl)S(=O)(=O)c1ccccc1. The number of alkyl halides is 3. The van der Waals surface area contributed by atoms with Crippen LogP contribution in [-0.2, 0) is 32.3 Å². The Morgan fingerprint density at radius 3 is 2.20 bits per heavy atom. The molecule has 0 aliphatic heterocycles.